The summed E-state index contributed by atoms with van der Waals surface area (Å²) in [5.41, 5.74) is 3.53. The van der Waals surface area contributed by atoms with E-state index in [2.05, 4.69) is 56.5 Å². The van der Waals surface area contributed by atoms with Crippen LogP contribution < -0.4 is 10.6 Å². The molecule has 1 aliphatic rings. The van der Waals surface area contributed by atoms with Gasteiger partial charge in [0, 0.05) is 11.6 Å². The predicted molar refractivity (Wildman–Crippen MR) is 96.0 cm³/mol. The van der Waals surface area contributed by atoms with Gasteiger partial charge in [-0.15, -0.1) is 12.4 Å². The molecule has 1 aliphatic heterocycles. The number of benzene rings is 1. The van der Waals surface area contributed by atoms with Gasteiger partial charge in [0.2, 0.25) is 5.91 Å². The van der Waals surface area contributed by atoms with Crippen LogP contribution in [0.1, 0.15) is 57.6 Å². The summed E-state index contributed by atoms with van der Waals surface area (Å²) in [4.78, 5) is 12.4. The number of hydrogen-bond donors (Lipinski definition) is 2. The van der Waals surface area contributed by atoms with Gasteiger partial charge in [0.05, 0.1) is 0 Å². The minimum absolute atomic E-state index is 0. The van der Waals surface area contributed by atoms with Crippen LogP contribution in [-0.4, -0.2) is 19.0 Å². The van der Waals surface area contributed by atoms with E-state index in [1.54, 1.807) is 0 Å². The van der Waals surface area contributed by atoms with Crippen molar-refractivity contribution in [1.29, 1.82) is 0 Å². The second kappa shape index (κ2) is 7.98. The molecule has 0 aliphatic carbocycles. The van der Waals surface area contributed by atoms with Crippen LogP contribution in [0.4, 0.5) is 5.69 Å². The zero-order valence-electron chi connectivity index (χ0n) is 14.3. The van der Waals surface area contributed by atoms with Crippen molar-refractivity contribution in [3.8, 4) is 0 Å². The minimum Gasteiger partial charge on any atom is -0.326 e. The largest absolute Gasteiger partial charge is 0.326 e. The molecule has 1 saturated heterocycles. The van der Waals surface area contributed by atoms with E-state index in [9.17, 15) is 4.79 Å². The van der Waals surface area contributed by atoms with Crippen LogP contribution in [0.15, 0.2) is 18.2 Å². The van der Waals surface area contributed by atoms with Crippen molar-refractivity contribution in [3.63, 3.8) is 0 Å². The molecule has 0 bridgehead atoms. The molecular formula is C18H29ClN2O. The zero-order valence-corrected chi connectivity index (χ0v) is 15.1. The second-order valence-electron chi connectivity index (χ2n) is 6.85. The van der Waals surface area contributed by atoms with Crippen molar-refractivity contribution in [2.45, 2.75) is 46.5 Å². The van der Waals surface area contributed by atoms with Gasteiger partial charge in [0.15, 0.2) is 0 Å². The SMILES string of the molecule is CC(C)c1ccc(NC(=O)C(C)C2CNC2)c(C(C)C)c1.Cl. The molecule has 1 unspecified atom stereocenters. The van der Waals surface area contributed by atoms with Gasteiger partial charge in [-0.05, 0) is 48.0 Å². The molecule has 1 fully saturated rings. The third kappa shape index (κ3) is 4.23. The molecule has 1 aromatic rings. The van der Waals surface area contributed by atoms with Crippen LogP contribution in [0, 0.1) is 11.8 Å². The molecule has 2 rings (SSSR count). The summed E-state index contributed by atoms with van der Waals surface area (Å²) in [6.07, 6.45) is 0. The smallest absolute Gasteiger partial charge is 0.227 e. The Morgan fingerprint density at radius 3 is 2.23 bits per heavy atom. The first-order valence-electron chi connectivity index (χ1n) is 8.05. The lowest BCUT2D eigenvalue weighted by atomic mass is 9.88. The van der Waals surface area contributed by atoms with Crippen molar-refractivity contribution in [2.75, 3.05) is 18.4 Å². The minimum atomic E-state index is 0. The molecule has 0 spiro atoms. The van der Waals surface area contributed by atoms with Gasteiger partial charge in [0.1, 0.15) is 0 Å². The van der Waals surface area contributed by atoms with E-state index in [1.165, 1.54) is 11.1 Å². The number of halogens is 1. The van der Waals surface area contributed by atoms with E-state index in [0.29, 0.717) is 17.8 Å². The Kier molecular flexibility index (Phi) is 6.89. The van der Waals surface area contributed by atoms with E-state index in [1.807, 2.05) is 6.92 Å². The summed E-state index contributed by atoms with van der Waals surface area (Å²) >= 11 is 0. The third-order valence-electron chi connectivity index (χ3n) is 4.56. The fraction of sp³-hybridized carbons (Fsp3) is 0.611. The maximum atomic E-state index is 12.4. The molecule has 1 aromatic carbocycles. The van der Waals surface area contributed by atoms with E-state index in [4.69, 9.17) is 0 Å². The first-order chi connectivity index (χ1) is 9.90. The zero-order chi connectivity index (χ0) is 15.6. The number of hydrogen-bond acceptors (Lipinski definition) is 2. The van der Waals surface area contributed by atoms with Crippen LogP contribution in [0.25, 0.3) is 0 Å². The molecule has 2 N–H and O–H groups in total. The summed E-state index contributed by atoms with van der Waals surface area (Å²) in [7, 11) is 0. The monoisotopic (exact) mass is 324 g/mol. The molecule has 0 saturated carbocycles. The van der Waals surface area contributed by atoms with Gasteiger partial charge in [-0.1, -0.05) is 46.8 Å². The Balaban J connectivity index is 0.00000242. The summed E-state index contributed by atoms with van der Waals surface area (Å²) in [5, 5.41) is 6.37. The standard InChI is InChI=1S/C18H28N2O.ClH/c1-11(2)14-6-7-17(16(8-14)12(3)4)20-18(21)13(5)15-9-19-10-15;/h6-8,11-13,15,19H,9-10H2,1-5H3,(H,20,21);1H. The highest BCUT2D eigenvalue weighted by Gasteiger charge is 2.29. The van der Waals surface area contributed by atoms with Gasteiger partial charge in [-0.3, -0.25) is 4.79 Å². The number of amides is 1. The topological polar surface area (TPSA) is 41.1 Å². The van der Waals surface area contributed by atoms with Crippen molar-refractivity contribution < 1.29 is 4.79 Å². The van der Waals surface area contributed by atoms with Crippen LogP contribution in [0.5, 0.6) is 0 Å². The lowest BCUT2D eigenvalue weighted by Crippen LogP contribution is -2.48. The van der Waals surface area contributed by atoms with E-state index < -0.39 is 0 Å². The van der Waals surface area contributed by atoms with Crippen LogP contribution in [-0.2, 0) is 4.79 Å². The molecule has 0 aromatic heterocycles. The summed E-state index contributed by atoms with van der Waals surface area (Å²) in [6, 6.07) is 6.43. The van der Waals surface area contributed by atoms with Crippen LogP contribution in [0.2, 0.25) is 0 Å². The van der Waals surface area contributed by atoms with Crippen molar-refractivity contribution in [3.05, 3.63) is 29.3 Å². The van der Waals surface area contributed by atoms with E-state index >= 15 is 0 Å². The Morgan fingerprint density at radius 2 is 1.77 bits per heavy atom. The average molecular weight is 325 g/mol. The van der Waals surface area contributed by atoms with Crippen molar-refractivity contribution in [2.24, 2.45) is 11.8 Å². The molecule has 1 amide bonds. The van der Waals surface area contributed by atoms with Crippen molar-refractivity contribution in [1.82, 2.24) is 5.32 Å². The lowest BCUT2D eigenvalue weighted by Gasteiger charge is -2.32. The molecule has 1 heterocycles. The maximum Gasteiger partial charge on any atom is 0.227 e. The fourth-order valence-corrected chi connectivity index (χ4v) is 2.66. The number of carbonyl (C=O) groups excluding carboxylic acids is 1. The lowest BCUT2D eigenvalue weighted by molar-refractivity contribution is -0.121. The predicted octanol–water partition coefficient (Wildman–Crippen LogP) is 4.15. The highest BCUT2D eigenvalue weighted by Crippen LogP contribution is 2.29. The molecule has 3 nitrogen and oxygen atoms in total. The van der Waals surface area contributed by atoms with Gasteiger partial charge < -0.3 is 10.6 Å². The third-order valence-corrected chi connectivity index (χ3v) is 4.56. The molecule has 4 heteroatoms. The first kappa shape index (κ1) is 19.0. The highest BCUT2D eigenvalue weighted by molar-refractivity contribution is 5.93. The Bertz CT molecular complexity index is 510. The van der Waals surface area contributed by atoms with Crippen molar-refractivity contribution >= 4 is 24.0 Å². The Morgan fingerprint density at radius 1 is 1.14 bits per heavy atom. The molecule has 124 valence electrons. The second-order valence-corrected chi connectivity index (χ2v) is 6.85. The van der Waals surface area contributed by atoms with Crippen LogP contribution in [0.3, 0.4) is 0 Å². The van der Waals surface area contributed by atoms with Gasteiger partial charge >= 0.3 is 0 Å². The normalized spacial score (nSPS) is 16.1. The fourth-order valence-electron chi connectivity index (χ4n) is 2.66. The van der Waals surface area contributed by atoms with Gasteiger partial charge in [-0.2, -0.15) is 0 Å². The van der Waals surface area contributed by atoms with E-state index in [-0.39, 0.29) is 24.2 Å². The molecule has 22 heavy (non-hydrogen) atoms. The number of rotatable bonds is 5. The summed E-state index contributed by atoms with van der Waals surface area (Å²) < 4.78 is 0. The summed E-state index contributed by atoms with van der Waals surface area (Å²) in [5.74, 6) is 1.59. The number of nitrogens with one attached hydrogen (secondary N) is 2. The quantitative estimate of drug-likeness (QED) is 0.854. The maximum absolute atomic E-state index is 12.4. The Labute approximate surface area is 140 Å². The molecule has 1 atom stereocenters. The van der Waals surface area contributed by atoms with Gasteiger partial charge in [-0.25, -0.2) is 0 Å². The van der Waals surface area contributed by atoms with E-state index in [0.717, 1.165) is 18.8 Å². The highest BCUT2D eigenvalue weighted by atomic mass is 35.5. The average Bonchev–Trinajstić information content (AvgIpc) is 2.36. The number of anilines is 1. The first-order valence-corrected chi connectivity index (χ1v) is 8.05. The molecular weight excluding hydrogens is 296 g/mol. The Hall–Kier alpha value is -1.06. The summed E-state index contributed by atoms with van der Waals surface area (Å²) in [6.45, 7) is 12.7. The molecule has 0 radical (unpaired) electrons. The number of carbonyl (C=O) groups is 1. The van der Waals surface area contributed by atoms with Gasteiger partial charge in [0.25, 0.3) is 0 Å². The van der Waals surface area contributed by atoms with Crippen LogP contribution >= 0.6 is 12.4 Å².